The van der Waals surface area contributed by atoms with E-state index in [1.54, 1.807) is 11.8 Å². The first kappa shape index (κ1) is 17.0. The third-order valence-corrected chi connectivity index (χ3v) is 4.28. The first-order chi connectivity index (χ1) is 12.0. The van der Waals surface area contributed by atoms with Crippen molar-refractivity contribution in [1.82, 2.24) is 0 Å². The predicted octanol–water partition coefficient (Wildman–Crippen LogP) is 2.39. The fourth-order valence-corrected chi connectivity index (χ4v) is 3.13. The SMILES string of the molecule is Cc1cc(=O)oc(C)c1C(=O)OCC(=O)N1CCCc2ccccc21. The van der Waals surface area contributed by atoms with Gasteiger partial charge in [-0.05, 0) is 43.9 Å². The third kappa shape index (κ3) is 3.47. The van der Waals surface area contributed by atoms with Crippen LogP contribution in [0.15, 0.2) is 39.5 Å². The Kier molecular flexibility index (Phi) is 4.70. The fraction of sp³-hybridized carbons (Fsp3) is 0.316. The van der Waals surface area contributed by atoms with E-state index in [1.165, 1.54) is 13.0 Å². The average molecular weight is 341 g/mol. The molecule has 2 aromatic rings. The summed E-state index contributed by atoms with van der Waals surface area (Å²) in [5.74, 6) is -0.753. The van der Waals surface area contributed by atoms with Crippen LogP contribution in [-0.2, 0) is 16.0 Å². The normalized spacial score (nSPS) is 13.3. The molecule has 1 aliphatic heterocycles. The van der Waals surface area contributed by atoms with Crippen LogP contribution in [0.4, 0.5) is 5.69 Å². The minimum absolute atomic E-state index is 0.186. The number of ether oxygens (including phenoxy) is 1. The molecule has 25 heavy (non-hydrogen) atoms. The molecule has 0 N–H and O–H groups in total. The zero-order chi connectivity index (χ0) is 18.0. The van der Waals surface area contributed by atoms with Crippen LogP contribution >= 0.6 is 0 Å². The molecule has 0 fully saturated rings. The maximum atomic E-state index is 12.5. The molecule has 130 valence electrons. The molecule has 1 aromatic heterocycles. The molecule has 0 atom stereocenters. The van der Waals surface area contributed by atoms with Crippen LogP contribution in [-0.4, -0.2) is 25.0 Å². The number of aryl methyl sites for hydroxylation is 3. The Morgan fingerprint density at radius 3 is 2.76 bits per heavy atom. The highest BCUT2D eigenvalue weighted by Crippen LogP contribution is 2.26. The number of carbonyl (C=O) groups excluding carboxylic acids is 2. The Labute approximate surface area is 145 Å². The van der Waals surface area contributed by atoms with Gasteiger partial charge >= 0.3 is 11.6 Å². The first-order valence-corrected chi connectivity index (χ1v) is 8.14. The quantitative estimate of drug-likeness (QED) is 0.801. The molecule has 0 radical (unpaired) electrons. The fourth-order valence-electron chi connectivity index (χ4n) is 3.13. The number of rotatable bonds is 3. The van der Waals surface area contributed by atoms with Crippen molar-refractivity contribution in [3.8, 4) is 0 Å². The van der Waals surface area contributed by atoms with Gasteiger partial charge in [-0.25, -0.2) is 9.59 Å². The Bertz CT molecular complexity index is 857. The summed E-state index contributed by atoms with van der Waals surface area (Å²) in [5, 5.41) is 0. The molecule has 0 unspecified atom stereocenters. The molecule has 6 heteroatoms. The van der Waals surface area contributed by atoms with E-state index in [9.17, 15) is 14.4 Å². The van der Waals surface area contributed by atoms with E-state index in [1.807, 2.05) is 24.3 Å². The number of benzene rings is 1. The monoisotopic (exact) mass is 341 g/mol. The largest absolute Gasteiger partial charge is 0.452 e. The van der Waals surface area contributed by atoms with Crippen LogP contribution in [0.5, 0.6) is 0 Å². The molecule has 0 spiro atoms. The molecule has 0 aliphatic carbocycles. The molecular formula is C19H19NO5. The Morgan fingerprint density at radius 2 is 2.00 bits per heavy atom. The van der Waals surface area contributed by atoms with Gasteiger partial charge in [-0.1, -0.05) is 18.2 Å². The Morgan fingerprint density at radius 1 is 1.24 bits per heavy atom. The van der Waals surface area contributed by atoms with E-state index in [0.29, 0.717) is 12.1 Å². The number of anilines is 1. The molecule has 1 aromatic carbocycles. The number of para-hydroxylation sites is 1. The highest BCUT2D eigenvalue weighted by atomic mass is 16.5. The summed E-state index contributed by atoms with van der Waals surface area (Å²) in [7, 11) is 0. The van der Waals surface area contributed by atoms with Crippen molar-refractivity contribution in [2.45, 2.75) is 26.7 Å². The average Bonchev–Trinajstić information content (AvgIpc) is 2.58. The number of fused-ring (bicyclic) bond motifs is 1. The summed E-state index contributed by atoms with van der Waals surface area (Å²) in [6.45, 7) is 3.40. The third-order valence-electron chi connectivity index (χ3n) is 4.28. The van der Waals surface area contributed by atoms with Crippen LogP contribution in [0.1, 0.15) is 33.7 Å². The minimum Gasteiger partial charge on any atom is -0.452 e. The summed E-state index contributed by atoms with van der Waals surface area (Å²) < 4.78 is 10.1. The van der Waals surface area contributed by atoms with Gasteiger partial charge in [0.05, 0.1) is 0 Å². The summed E-state index contributed by atoms with van der Waals surface area (Å²) in [6, 6.07) is 8.96. The minimum atomic E-state index is -0.669. The zero-order valence-electron chi connectivity index (χ0n) is 14.2. The van der Waals surface area contributed by atoms with E-state index in [2.05, 4.69) is 0 Å². The smallest absolute Gasteiger partial charge is 0.342 e. The summed E-state index contributed by atoms with van der Waals surface area (Å²) in [5.41, 5.74) is 2.12. The lowest BCUT2D eigenvalue weighted by Crippen LogP contribution is -2.38. The molecule has 1 amide bonds. The molecule has 0 bridgehead atoms. The van der Waals surface area contributed by atoms with Crippen LogP contribution in [0.25, 0.3) is 0 Å². The molecule has 0 saturated heterocycles. The summed E-state index contributed by atoms with van der Waals surface area (Å²) in [6.07, 6.45) is 1.81. The lowest BCUT2D eigenvalue weighted by molar-refractivity contribution is -0.121. The van der Waals surface area contributed by atoms with Crippen molar-refractivity contribution < 1.29 is 18.7 Å². The lowest BCUT2D eigenvalue weighted by Gasteiger charge is -2.29. The van der Waals surface area contributed by atoms with E-state index in [0.717, 1.165) is 24.1 Å². The van der Waals surface area contributed by atoms with Gasteiger partial charge in [0.2, 0.25) is 0 Å². The van der Waals surface area contributed by atoms with Gasteiger partial charge in [-0.3, -0.25) is 4.79 Å². The number of amides is 1. The maximum Gasteiger partial charge on any atom is 0.342 e. The molecule has 6 nitrogen and oxygen atoms in total. The highest BCUT2D eigenvalue weighted by molar-refractivity contribution is 5.98. The number of esters is 1. The van der Waals surface area contributed by atoms with Gasteiger partial charge < -0.3 is 14.1 Å². The van der Waals surface area contributed by atoms with Gasteiger partial charge in [0, 0.05) is 18.3 Å². The van der Waals surface area contributed by atoms with Crippen molar-refractivity contribution in [2.75, 3.05) is 18.1 Å². The molecule has 1 aliphatic rings. The second-order valence-corrected chi connectivity index (χ2v) is 6.03. The van der Waals surface area contributed by atoms with Crippen molar-refractivity contribution in [1.29, 1.82) is 0 Å². The van der Waals surface area contributed by atoms with Crippen LogP contribution in [0.2, 0.25) is 0 Å². The summed E-state index contributed by atoms with van der Waals surface area (Å²) >= 11 is 0. The zero-order valence-corrected chi connectivity index (χ0v) is 14.2. The molecule has 2 heterocycles. The lowest BCUT2D eigenvalue weighted by atomic mass is 10.0. The van der Waals surface area contributed by atoms with E-state index < -0.39 is 11.6 Å². The van der Waals surface area contributed by atoms with Crippen LogP contribution in [0.3, 0.4) is 0 Å². The highest BCUT2D eigenvalue weighted by Gasteiger charge is 2.24. The van der Waals surface area contributed by atoms with Crippen LogP contribution in [0, 0.1) is 13.8 Å². The van der Waals surface area contributed by atoms with E-state index in [-0.39, 0.29) is 23.8 Å². The van der Waals surface area contributed by atoms with Crippen molar-refractivity contribution >= 4 is 17.6 Å². The van der Waals surface area contributed by atoms with E-state index >= 15 is 0 Å². The topological polar surface area (TPSA) is 76.8 Å². The van der Waals surface area contributed by atoms with Gasteiger partial charge in [0.25, 0.3) is 5.91 Å². The Hall–Kier alpha value is -2.89. The van der Waals surface area contributed by atoms with Gasteiger partial charge in [0.15, 0.2) is 6.61 Å². The Balaban J connectivity index is 1.71. The first-order valence-electron chi connectivity index (χ1n) is 8.14. The van der Waals surface area contributed by atoms with Crippen molar-refractivity contribution in [2.24, 2.45) is 0 Å². The van der Waals surface area contributed by atoms with E-state index in [4.69, 9.17) is 9.15 Å². The molecule has 3 rings (SSSR count). The van der Waals surface area contributed by atoms with Gasteiger partial charge in [-0.15, -0.1) is 0 Å². The second kappa shape index (κ2) is 6.93. The van der Waals surface area contributed by atoms with Gasteiger partial charge in [0.1, 0.15) is 11.3 Å². The van der Waals surface area contributed by atoms with Gasteiger partial charge in [-0.2, -0.15) is 0 Å². The second-order valence-electron chi connectivity index (χ2n) is 6.03. The number of hydrogen-bond acceptors (Lipinski definition) is 5. The molecule has 0 saturated carbocycles. The van der Waals surface area contributed by atoms with Crippen molar-refractivity contribution in [3.63, 3.8) is 0 Å². The summed E-state index contributed by atoms with van der Waals surface area (Å²) in [4.78, 5) is 37.7. The number of nitrogens with zero attached hydrogens (tertiary/aromatic N) is 1. The number of hydrogen-bond donors (Lipinski definition) is 0. The predicted molar refractivity (Wildman–Crippen MR) is 91.9 cm³/mol. The molecular weight excluding hydrogens is 322 g/mol. The van der Waals surface area contributed by atoms with Crippen molar-refractivity contribution in [3.05, 3.63) is 63.2 Å². The number of carbonyl (C=O) groups is 2. The maximum absolute atomic E-state index is 12.5. The standard InChI is InChI=1S/C19H19NO5/c1-12-10-17(22)25-13(2)18(12)19(23)24-11-16(21)20-9-5-7-14-6-3-4-8-15(14)20/h3-4,6,8,10H,5,7,9,11H2,1-2H3. The van der Waals surface area contributed by atoms with Crippen LogP contribution < -0.4 is 10.5 Å².